The number of aryl methyl sites for hydroxylation is 1. The third-order valence-corrected chi connectivity index (χ3v) is 5.61. The van der Waals surface area contributed by atoms with Crippen LogP contribution in [0.2, 0.25) is 0 Å². The van der Waals surface area contributed by atoms with Crippen molar-refractivity contribution in [1.82, 2.24) is 5.32 Å². The van der Waals surface area contributed by atoms with E-state index in [1.165, 1.54) is 65.2 Å². The average molecular weight is 354 g/mol. The molecule has 1 nitrogen and oxygen atoms in total. The molecule has 0 aliphatic heterocycles. The molecule has 0 aliphatic carbocycles. The molecule has 20 heavy (non-hydrogen) atoms. The van der Waals surface area contributed by atoms with Crippen LogP contribution in [0.15, 0.2) is 28.1 Å². The lowest BCUT2D eigenvalue weighted by atomic mass is 10.1. The van der Waals surface area contributed by atoms with Gasteiger partial charge < -0.3 is 5.32 Å². The van der Waals surface area contributed by atoms with Crippen molar-refractivity contribution in [2.45, 2.75) is 45.4 Å². The molecule has 0 saturated carbocycles. The predicted molar refractivity (Wildman–Crippen MR) is 94.9 cm³/mol. The first-order valence-electron chi connectivity index (χ1n) is 7.68. The summed E-state index contributed by atoms with van der Waals surface area (Å²) in [6.45, 7) is 4.56. The Balaban J connectivity index is 1.70. The molecule has 0 spiro atoms. The molecule has 1 aromatic carbocycles. The molecule has 0 fully saturated rings. The number of benzene rings is 1. The Hall–Kier alpha value is -0.380. The van der Waals surface area contributed by atoms with E-state index in [4.69, 9.17) is 0 Å². The number of unbranched alkanes of at least 4 members (excludes halogenated alkanes) is 3. The van der Waals surface area contributed by atoms with Crippen LogP contribution in [-0.2, 0) is 6.42 Å². The lowest BCUT2D eigenvalue weighted by molar-refractivity contribution is 0.585. The molecule has 0 saturated heterocycles. The first kappa shape index (κ1) is 16.0. The minimum atomic E-state index is 1.16. The number of nitrogens with one attached hydrogen (secondary N) is 1. The average Bonchev–Trinajstić information content (AvgIpc) is 2.87. The molecule has 1 heterocycles. The standard InChI is InChI=1S/C17H24BrNS/c1-2-11-19-12-6-4-3-5-8-14-13-20-17-15(14)9-7-10-16(17)18/h7,9-10,13,19H,2-6,8,11-12H2,1H3. The minimum absolute atomic E-state index is 1.16. The van der Waals surface area contributed by atoms with Gasteiger partial charge in [0.25, 0.3) is 0 Å². The van der Waals surface area contributed by atoms with Gasteiger partial charge in [-0.2, -0.15) is 0 Å². The van der Waals surface area contributed by atoms with Gasteiger partial charge in [0, 0.05) is 9.17 Å². The Kier molecular flexibility index (Phi) is 7.05. The van der Waals surface area contributed by atoms with E-state index in [2.05, 4.69) is 51.7 Å². The summed E-state index contributed by atoms with van der Waals surface area (Å²) in [5.41, 5.74) is 1.52. The van der Waals surface area contributed by atoms with Crippen molar-refractivity contribution < 1.29 is 0 Å². The van der Waals surface area contributed by atoms with Crippen LogP contribution in [0.5, 0.6) is 0 Å². The molecule has 2 rings (SSSR count). The Morgan fingerprint density at radius 2 is 1.95 bits per heavy atom. The van der Waals surface area contributed by atoms with E-state index in [0.29, 0.717) is 0 Å². The van der Waals surface area contributed by atoms with Crippen LogP contribution in [0.25, 0.3) is 10.1 Å². The molecule has 0 unspecified atom stereocenters. The fourth-order valence-corrected chi connectivity index (χ4v) is 4.15. The Bertz CT molecular complexity index is 521. The Labute approximate surface area is 134 Å². The summed E-state index contributed by atoms with van der Waals surface area (Å²) in [4.78, 5) is 0. The Morgan fingerprint density at radius 1 is 1.10 bits per heavy atom. The van der Waals surface area contributed by atoms with Crippen LogP contribution in [0.1, 0.15) is 44.6 Å². The smallest absolute Gasteiger partial charge is 0.0487 e. The van der Waals surface area contributed by atoms with E-state index < -0.39 is 0 Å². The van der Waals surface area contributed by atoms with Crippen molar-refractivity contribution >= 4 is 37.4 Å². The molecule has 2 aromatic rings. The molecular weight excluding hydrogens is 330 g/mol. The van der Waals surface area contributed by atoms with Crippen molar-refractivity contribution in [3.63, 3.8) is 0 Å². The SMILES string of the molecule is CCCNCCCCCCc1csc2c(Br)cccc12. The van der Waals surface area contributed by atoms with Gasteiger partial charge in [-0.15, -0.1) is 11.3 Å². The summed E-state index contributed by atoms with van der Waals surface area (Å²) in [5.74, 6) is 0. The van der Waals surface area contributed by atoms with E-state index in [1.54, 1.807) is 0 Å². The maximum atomic E-state index is 3.64. The van der Waals surface area contributed by atoms with Gasteiger partial charge >= 0.3 is 0 Å². The van der Waals surface area contributed by atoms with Gasteiger partial charge in [0.15, 0.2) is 0 Å². The van der Waals surface area contributed by atoms with Crippen LogP contribution >= 0.6 is 27.3 Å². The van der Waals surface area contributed by atoms with E-state index >= 15 is 0 Å². The zero-order valence-corrected chi connectivity index (χ0v) is 14.7. The van der Waals surface area contributed by atoms with Gasteiger partial charge in [-0.05, 0) is 77.1 Å². The highest BCUT2D eigenvalue weighted by atomic mass is 79.9. The van der Waals surface area contributed by atoms with Gasteiger partial charge in [-0.1, -0.05) is 31.9 Å². The van der Waals surface area contributed by atoms with Crippen LogP contribution in [0, 0.1) is 0 Å². The van der Waals surface area contributed by atoms with Crippen LogP contribution in [-0.4, -0.2) is 13.1 Å². The zero-order chi connectivity index (χ0) is 14.2. The second-order valence-electron chi connectivity index (χ2n) is 5.29. The number of hydrogen-bond donors (Lipinski definition) is 1. The highest BCUT2D eigenvalue weighted by Crippen LogP contribution is 2.32. The summed E-state index contributed by atoms with van der Waals surface area (Å²) in [6.07, 6.45) is 7.78. The van der Waals surface area contributed by atoms with Crippen molar-refractivity contribution in [1.29, 1.82) is 0 Å². The maximum absolute atomic E-state index is 3.64. The third-order valence-electron chi connectivity index (χ3n) is 3.61. The molecule has 3 heteroatoms. The molecule has 0 bridgehead atoms. The number of fused-ring (bicyclic) bond motifs is 1. The summed E-state index contributed by atoms with van der Waals surface area (Å²) < 4.78 is 2.62. The molecule has 0 aliphatic rings. The largest absolute Gasteiger partial charge is 0.317 e. The number of halogens is 1. The quantitative estimate of drug-likeness (QED) is 0.564. The highest BCUT2D eigenvalue weighted by Gasteiger charge is 2.05. The lowest BCUT2D eigenvalue weighted by Crippen LogP contribution is -2.15. The molecule has 1 aromatic heterocycles. The first-order valence-corrected chi connectivity index (χ1v) is 9.35. The molecular formula is C17H24BrNS. The Morgan fingerprint density at radius 3 is 2.80 bits per heavy atom. The lowest BCUT2D eigenvalue weighted by Gasteiger charge is -2.03. The van der Waals surface area contributed by atoms with Gasteiger partial charge in [0.1, 0.15) is 0 Å². The molecule has 0 atom stereocenters. The number of rotatable bonds is 9. The molecule has 110 valence electrons. The van der Waals surface area contributed by atoms with E-state index in [0.717, 1.165) is 6.54 Å². The molecule has 1 N–H and O–H groups in total. The second kappa shape index (κ2) is 8.81. The summed E-state index contributed by atoms with van der Waals surface area (Å²) in [5, 5.41) is 7.24. The maximum Gasteiger partial charge on any atom is 0.0487 e. The topological polar surface area (TPSA) is 12.0 Å². The normalized spacial score (nSPS) is 11.3. The van der Waals surface area contributed by atoms with Crippen LogP contribution < -0.4 is 5.32 Å². The number of hydrogen-bond acceptors (Lipinski definition) is 2. The monoisotopic (exact) mass is 353 g/mol. The van der Waals surface area contributed by atoms with Gasteiger partial charge in [0.05, 0.1) is 0 Å². The fraction of sp³-hybridized carbons (Fsp3) is 0.529. The van der Waals surface area contributed by atoms with Crippen LogP contribution in [0.3, 0.4) is 0 Å². The summed E-state index contributed by atoms with van der Waals surface area (Å²) in [7, 11) is 0. The van der Waals surface area contributed by atoms with Gasteiger partial charge in [-0.3, -0.25) is 0 Å². The van der Waals surface area contributed by atoms with Crippen molar-refractivity contribution in [2.24, 2.45) is 0 Å². The number of thiophene rings is 1. The molecule has 0 radical (unpaired) electrons. The van der Waals surface area contributed by atoms with Crippen LogP contribution in [0.4, 0.5) is 0 Å². The van der Waals surface area contributed by atoms with E-state index in [-0.39, 0.29) is 0 Å². The predicted octanol–water partition coefficient (Wildman–Crippen LogP) is 5.77. The van der Waals surface area contributed by atoms with Crippen molar-refractivity contribution in [3.05, 3.63) is 33.6 Å². The summed E-state index contributed by atoms with van der Waals surface area (Å²) >= 11 is 5.50. The van der Waals surface area contributed by atoms with E-state index in [9.17, 15) is 0 Å². The second-order valence-corrected chi connectivity index (χ2v) is 7.03. The molecule has 0 amide bonds. The highest BCUT2D eigenvalue weighted by molar-refractivity contribution is 9.10. The van der Waals surface area contributed by atoms with E-state index in [1.807, 2.05) is 11.3 Å². The van der Waals surface area contributed by atoms with Gasteiger partial charge in [-0.25, -0.2) is 0 Å². The van der Waals surface area contributed by atoms with Crippen molar-refractivity contribution in [3.8, 4) is 0 Å². The van der Waals surface area contributed by atoms with Gasteiger partial charge in [0.2, 0.25) is 0 Å². The minimum Gasteiger partial charge on any atom is -0.317 e. The zero-order valence-electron chi connectivity index (χ0n) is 12.3. The van der Waals surface area contributed by atoms with Crippen molar-refractivity contribution in [2.75, 3.05) is 13.1 Å². The summed E-state index contributed by atoms with van der Waals surface area (Å²) in [6, 6.07) is 6.52. The fourth-order valence-electron chi connectivity index (χ4n) is 2.49. The first-order chi connectivity index (χ1) is 9.83. The third kappa shape index (κ3) is 4.57.